The second-order valence-corrected chi connectivity index (χ2v) is 8.64. The van der Waals surface area contributed by atoms with Gasteiger partial charge in [0.05, 0.1) is 19.3 Å². The molecule has 1 atom stereocenters. The van der Waals surface area contributed by atoms with Crippen LogP contribution in [-0.4, -0.2) is 56.3 Å². The molecule has 4 N–H and O–H groups in total. The van der Waals surface area contributed by atoms with Gasteiger partial charge in [-0.3, -0.25) is 4.79 Å². The second-order valence-electron chi connectivity index (χ2n) is 8.64. The van der Waals surface area contributed by atoms with Crippen molar-refractivity contribution in [2.75, 3.05) is 38.7 Å². The van der Waals surface area contributed by atoms with Gasteiger partial charge in [0.25, 0.3) is 5.91 Å². The fourth-order valence-corrected chi connectivity index (χ4v) is 4.10. The number of aliphatic imine (C=N–C) groups is 1. The van der Waals surface area contributed by atoms with E-state index in [2.05, 4.69) is 20.5 Å². The Morgan fingerprint density at radius 2 is 1.94 bits per heavy atom. The van der Waals surface area contributed by atoms with Crippen molar-refractivity contribution >= 4 is 17.8 Å². The summed E-state index contributed by atoms with van der Waals surface area (Å²) in [5, 5.41) is 5.96. The number of primary amides is 1. The Hall–Kier alpha value is -3.79. The molecule has 2 aliphatic rings. The SMILES string of the molecule is COc1ccccc1OC1(Nc2ccc(OCCCN3CCCCC3)c(F)c2)N=CC(C(N)=O)=CN1. The minimum atomic E-state index is -1.59. The van der Waals surface area contributed by atoms with Gasteiger partial charge in [0.2, 0.25) is 0 Å². The molecule has 2 aliphatic heterocycles. The largest absolute Gasteiger partial charge is 0.493 e. The lowest BCUT2D eigenvalue weighted by molar-refractivity contribution is -0.114. The molecule has 9 nitrogen and oxygen atoms in total. The van der Waals surface area contributed by atoms with Gasteiger partial charge in [-0.1, -0.05) is 18.6 Å². The van der Waals surface area contributed by atoms with E-state index in [4.69, 9.17) is 19.9 Å². The molecular formula is C26H32FN5O4. The highest BCUT2D eigenvalue weighted by Gasteiger charge is 2.34. The molecule has 0 radical (unpaired) electrons. The maximum absolute atomic E-state index is 14.9. The normalized spacial score (nSPS) is 19.7. The molecule has 192 valence electrons. The maximum atomic E-state index is 14.9. The predicted octanol–water partition coefficient (Wildman–Crippen LogP) is 3.23. The number of ether oxygens (including phenoxy) is 3. The first-order valence-electron chi connectivity index (χ1n) is 12.1. The first-order chi connectivity index (χ1) is 17.5. The molecule has 0 spiro atoms. The number of piperidine rings is 1. The molecule has 0 bridgehead atoms. The first-order valence-corrected chi connectivity index (χ1v) is 12.1. The number of carbonyl (C=O) groups is 1. The Labute approximate surface area is 210 Å². The van der Waals surface area contributed by atoms with Crippen LogP contribution in [0, 0.1) is 5.82 Å². The molecular weight excluding hydrogens is 465 g/mol. The number of para-hydroxylation sites is 2. The Balaban J connectivity index is 1.44. The van der Waals surface area contributed by atoms with Crippen LogP contribution >= 0.6 is 0 Å². The summed E-state index contributed by atoms with van der Waals surface area (Å²) in [6.07, 6.45) is 7.29. The van der Waals surface area contributed by atoms with Crippen LogP contribution in [0.25, 0.3) is 0 Å². The zero-order valence-corrected chi connectivity index (χ0v) is 20.3. The number of likely N-dealkylation sites (tertiary alicyclic amines) is 1. The average molecular weight is 498 g/mol. The highest BCUT2D eigenvalue weighted by Crippen LogP contribution is 2.31. The number of amides is 1. The van der Waals surface area contributed by atoms with Crippen LogP contribution in [0.4, 0.5) is 10.1 Å². The monoisotopic (exact) mass is 497 g/mol. The molecule has 4 rings (SSSR count). The number of benzene rings is 2. The number of nitrogens with zero attached hydrogens (tertiary/aromatic N) is 2. The van der Waals surface area contributed by atoms with E-state index in [1.165, 1.54) is 44.9 Å². The Morgan fingerprint density at radius 1 is 1.17 bits per heavy atom. The number of hydrogen-bond donors (Lipinski definition) is 3. The van der Waals surface area contributed by atoms with Gasteiger partial charge < -0.3 is 35.5 Å². The van der Waals surface area contributed by atoms with Crippen LogP contribution in [0.5, 0.6) is 17.2 Å². The molecule has 0 saturated carbocycles. The van der Waals surface area contributed by atoms with Crippen molar-refractivity contribution in [3.8, 4) is 17.2 Å². The highest BCUT2D eigenvalue weighted by atomic mass is 19.1. The van der Waals surface area contributed by atoms with Crippen LogP contribution in [0.1, 0.15) is 25.7 Å². The number of rotatable bonds is 11. The van der Waals surface area contributed by atoms with Crippen molar-refractivity contribution in [1.29, 1.82) is 0 Å². The van der Waals surface area contributed by atoms with Crippen molar-refractivity contribution in [2.24, 2.45) is 10.7 Å². The highest BCUT2D eigenvalue weighted by molar-refractivity contribution is 6.11. The van der Waals surface area contributed by atoms with Crippen molar-refractivity contribution < 1.29 is 23.4 Å². The van der Waals surface area contributed by atoms with Crippen molar-refractivity contribution in [2.45, 2.75) is 31.7 Å². The number of anilines is 1. The standard InChI is InChI=1S/C26H32FN5O4/c1-34-23-8-3-4-9-24(23)36-26(29-17-19(18-30-26)25(28)33)31-20-10-11-22(21(27)16-20)35-15-7-14-32-12-5-2-6-13-32/h3-4,8-11,16-18,29,31H,2,5-7,12-15H2,1H3,(H2,28,33). The summed E-state index contributed by atoms with van der Waals surface area (Å²) in [6.45, 7) is 3.64. The van der Waals surface area contributed by atoms with Crippen LogP contribution in [0.15, 0.2) is 59.2 Å². The molecule has 1 saturated heterocycles. The van der Waals surface area contributed by atoms with E-state index in [-0.39, 0.29) is 11.3 Å². The van der Waals surface area contributed by atoms with E-state index in [1.807, 2.05) is 0 Å². The molecule has 2 heterocycles. The van der Waals surface area contributed by atoms with E-state index in [0.29, 0.717) is 23.8 Å². The average Bonchev–Trinajstić information content (AvgIpc) is 2.89. The van der Waals surface area contributed by atoms with E-state index in [9.17, 15) is 9.18 Å². The van der Waals surface area contributed by atoms with E-state index >= 15 is 0 Å². The third kappa shape index (κ3) is 6.45. The van der Waals surface area contributed by atoms with Gasteiger partial charge in [0, 0.05) is 30.7 Å². The summed E-state index contributed by atoms with van der Waals surface area (Å²) >= 11 is 0. The van der Waals surface area contributed by atoms with Gasteiger partial charge in [0.1, 0.15) is 0 Å². The van der Waals surface area contributed by atoms with Gasteiger partial charge in [0.15, 0.2) is 23.1 Å². The van der Waals surface area contributed by atoms with E-state index in [0.717, 1.165) is 26.1 Å². The zero-order chi connectivity index (χ0) is 25.4. The minimum absolute atomic E-state index is 0.163. The summed E-state index contributed by atoms with van der Waals surface area (Å²) < 4.78 is 32.0. The van der Waals surface area contributed by atoms with Gasteiger partial charge in [-0.2, -0.15) is 0 Å². The fraction of sp³-hybridized carbons (Fsp3) is 0.385. The van der Waals surface area contributed by atoms with Crippen molar-refractivity contribution in [3.63, 3.8) is 0 Å². The second kappa shape index (κ2) is 11.8. The number of methoxy groups -OCH3 is 1. The molecule has 36 heavy (non-hydrogen) atoms. The number of hydrogen-bond acceptors (Lipinski definition) is 8. The van der Waals surface area contributed by atoms with Gasteiger partial charge in [-0.15, -0.1) is 0 Å². The van der Waals surface area contributed by atoms with Crippen LogP contribution < -0.4 is 30.6 Å². The van der Waals surface area contributed by atoms with E-state index < -0.39 is 17.7 Å². The predicted molar refractivity (Wildman–Crippen MR) is 136 cm³/mol. The van der Waals surface area contributed by atoms with Crippen molar-refractivity contribution in [1.82, 2.24) is 10.2 Å². The Bertz CT molecular complexity index is 1120. The molecule has 0 aliphatic carbocycles. The quantitative estimate of drug-likeness (QED) is 0.323. The molecule has 2 aromatic carbocycles. The number of nitrogens with two attached hydrogens (primary N) is 1. The van der Waals surface area contributed by atoms with Crippen LogP contribution in [-0.2, 0) is 4.79 Å². The lowest BCUT2D eigenvalue weighted by atomic mass is 10.1. The summed E-state index contributed by atoms with van der Waals surface area (Å²) in [7, 11) is 1.52. The third-order valence-electron chi connectivity index (χ3n) is 5.99. The number of carbonyl (C=O) groups excluding carboxylic acids is 1. The van der Waals surface area contributed by atoms with Crippen LogP contribution in [0.2, 0.25) is 0 Å². The zero-order valence-electron chi connectivity index (χ0n) is 20.3. The lowest BCUT2D eigenvalue weighted by Gasteiger charge is -2.34. The summed E-state index contributed by atoms with van der Waals surface area (Å²) in [5.41, 5.74) is 5.89. The molecule has 1 fully saturated rings. The Morgan fingerprint density at radius 3 is 2.61 bits per heavy atom. The Kier molecular flexibility index (Phi) is 8.27. The van der Waals surface area contributed by atoms with Gasteiger partial charge in [-0.25, -0.2) is 9.38 Å². The number of nitrogens with one attached hydrogen (secondary N) is 2. The van der Waals surface area contributed by atoms with Gasteiger partial charge in [-0.05, 0) is 56.6 Å². The topological polar surface area (TPSA) is 110 Å². The molecule has 1 unspecified atom stereocenters. The summed E-state index contributed by atoms with van der Waals surface area (Å²) in [6, 6.07) is 11.5. The van der Waals surface area contributed by atoms with Crippen LogP contribution in [0.3, 0.4) is 0 Å². The van der Waals surface area contributed by atoms with Crippen molar-refractivity contribution in [3.05, 3.63) is 60.1 Å². The smallest absolute Gasteiger partial charge is 0.366 e. The third-order valence-corrected chi connectivity index (χ3v) is 5.99. The maximum Gasteiger partial charge on any atom is 0.366 e. The molecule has 0 aromatic heterocycles. The molecule has 10 heteroatoms. The first kappa shape index (κ1) is 25.3. The molecule has 1 amide bonds. The fourth-order valence-electron chi connectivity index (χ4n) is 4.10. The summed E-state index contributed by atoms with van der Waals surface area (Å²) in [4.78, 5) is 18.3. The summed E-state index contributed by atoms with van der Waals surface area (Å²) in [5.74, 6) is -1.72. The van der Waals surface area contributed by atoms with Gasteiger partial charge >= 0.3 is 5.97 Å². The molecule has 2 aromatic rings. The minimum Gasteiger partial charge on any atom is -0.493 e. The van der Waals surface area contributed by atoms with E-state index in [1.54, 1.807) is 36.4 Å². The number of halogens is 1. The lowest BCUT2D eigenvalue weighted by Crippen LogP contribution is -2.55.